The Morgan fingerprint density at radius 1 is 1.09 bits per heavy atom. The van der Waals surface area contributed by atoms with Gasteiger partial charge >= 0.3 is 6.09 Å². The first-order chi connectivity index (χ1) is 10.8. The molecule has 0 bridgehead atoms. The van der Waals surface area contributed by atoms with Gasteiger partial charge in [0.05, 0.1) is 0 Å². The molecule has 0 aliphatic rings. The molecule has 1 amide bonds. The summed E-state index contributed by atoms with van der Waals surface area (Å²) in [5.41, 5.74) is 2.23. The summed E-state index contributed by atoms with van der Waals surface area (Å²) in [6.45, 7) is 7.93. The molecule has 4 nitrogen and oxygen atoms in total. The highest BCUT2D eigenvalue weighted by Gasteiger charge is 2.16. The second kappa shape index (κ2) is 7.18. The third-order valence-electron chi connectivity index (χ3n) is 3.08. The Balaban J connectivity index is 1.96. The Morgan fingerprint density at radius 3 is 2.39 bits per heavy atom. The Labute approximate surface area is 137 Å². The Hall–Kier alpha value is -2.49. The highest BCUT2D eigenvalue weighted by Crippen LogP contribution is 2.23. The zero-order valence-electron chi connectivity index (χ0n) is 14.1. The van der Waals surface area contributed by atoms with Crippen LogP contribution in [0.1, 0.15) is 31.9 Å². The number of aryl methyl sites for hydroxylation is 1. The number of hydrogen-bond acceptors (Lipinski definition) is 3. The summed E-state index contributed by atoms with van der Waals surface area (Å²) in [6, 6.07) is 15.5. The van der Waals surface area contributed by atoms with E-state index in [1.807, 2.05) is 76.2 Å². The molecule has 0 saturated heterocycles. The molecule has 0 saturated carbocycles. The van der Waals surface area contributed by atoms with Crippen LogP contribution in [0.4, 0.5) is 10.5 Å². The number of hydrogen-bond donors (Lipinski definition) is 1. The molecule has 0 heterocycles. The largest absolute Gasteiger partial charge is 0.489 e. The molecule has 1 N–H and O–H groups in total. The highest BCUT2D eigenvalue weighted by molar-refractivity contribution is 5.86. The standard InChI is InChI=1S/C19H23NO3/c1-14-12-16(22-13-15-8-6-5-7-9-15)10-11-17(14)20-18(21)23-19(2,3)4/h5-12H,13H2,1-4H3,(H,20,21). The van der Waals surface area contributed by atoms with Crippen molar-refractivity contribution >= 4 is 11.8 Å². The minimum atomic E-state index is -0.517. The van der Waals surface area contributed by atoms with E-state index in [4.69, 9.17) is 9.47 Å². The molecule has 0 fully saturated rings. The first kappa shape index (κ1) is 16.9. The Bertz CT molecular complexity index is 660. The van der Waals surface area contributed by atoms with Gasteiger partial charge in [0, 0.05) is 5.69 Å². The highest BCUT2D eigenvalue weighted by atomic mass is 16.6. The normalized spacial score (nSPS) is 11.0. The summed E-state index contributed by atoms with van der Waals surface area (Å²) in [4.78, 5) is 11.8. The minimum Gasteiger partial charge on any atom is -0.489 e. The number of nitrogens with one attached hydrogen (secondary N) is 1. The molecule has 0 aromatic heterocycles. The molecule has 0 spiro atoms. The monoisotopic (exact) mass is 313 g/mol. The van der Waals surface area contributed by atoms with Crippen LogP contribution in [0.25, 0.3) is 0 Å². The van der Waals surface area contributed by atoms with E-state index >= 15 is 0 Å². The van der Waals surface area contributed by atoms with Crippen LogP contribution in [0.15, 0.2) is 48.5 Å². The summed E-state index contributed by atoms with van der Waals surface area (Å²) in [5.74, 6) is 0.765. The van der Waals surface area contributed by atoms with Crippen molar-refractivity contribution in [3.8, 4) is 5.75 Å². The number of ether oxygens (including phenoxy) is 2. The average molecular weight is 313 g/mol. The van der Waals surface area contributed by atoms with Crippen molar-refractivity contribution in [3.05, 3.63) is 59.7 Å². The van der Waals surface area contributed by atoms with Crippen molar-refractivity contribution < 1.29 is 14.3 Å². The van der Waals surface area contributed by atoms with Crippen molar-refractivity contribution in [3.63, 3.8) is 0 Å². The molecule has 4 heteroatoms. The molecule has 2 aromatic carbocycles. The Kier molecular flexibility index (Phi) is 5.27. The molecule has 23 heavy (non-hydrogen) atoms. The second-order valence-corrected chi connectivity index (χ2v) is 6.38. The van der Waals surface area contributed by atoms with E-state index in [2.05, 4.69) is 5.32 Å². The van der Waals surface area contributed by atoms with Crippen LogP contribution in [-0.4, -0.2) is 11.7 Å². The van der Waals surface area contributed by atoms with Crippen LogP contribution in [0, 0.1) is 6.92 Å². The van der Waals surface area contributed by atoms with Gasteiger partial charge in [-0.25, -0.2) is 4.79 Å². The zero-order chi connectivity index (χ0) is 16.9. The molecule has 2 aromatic rings. The van der Waals surface area contributed by atoms with Crippen molar-refractivity contribution in [1.29, 1.82) is 0 Å². The molecule has 0 unspecified atom stereocenters. The van der Waals surface area contributed by atoms with Crippen LogP contribution in [0.2, 0.25) is 0 Å². The third kappa shape index (κ3) is 5.66. The summed E-state index contributed by atoms with van der Waals surface area (Å²) in [7, 11) is 0. The molecular weight excluding hydrogens is 290 g/mol. The van der Waals surface area contributed by atoms with Crippen molar-refractivity contribution in [2.75, 3.05) is 5.32 Å². The topological polar surface area (TPSA) is 47.6 Å². The fourth-order valence-corrected chi connectivity index (χ4v) is 2.02. The third-order valence-corrected chi connectivity index (χ3v) is 3.08. The van der Waals surface area contributed by atoms with Crippen LogP contribution in [0.3, 0.4) is 0 Å². The van der Waals surface area contributed by atoms with Crippen LogP contribution < -0.4 is 10.1 Å². The van der Waals surface area contributed by atoms with Crippen LogP contribution >= 0.6 is 0 Å². The van der Waals surface area contributed by atoms with Gasteiger partial charge in [-0.05, 0) is 57.0 Å². The van der Waals surface area contributed by atoms with E-state index in [9.17, 15) is 4.79 Å². The van der Waals surface area contributed by atoms with Gasteiger partial charge < -0.3 is 9.47 Å². The van der Waals surface area contributed by atoms with E-state index in [-0.39, 0.29) is 0 Å². The SMILES string of the molecule is Cc1cc(OCc2ccccc2)ccc1NC(=O)OC(C)(C)C. The lowest BCUT2D eigenvalue weighted by Gasteiger charge is -2.20. The number of amides is 1. The fourth-order valence-electron chi connectivity index (χ4n) is 2.02. The van der Waals surface area contributed by atoms with Crippen molar-refractivity contribution in [2.24, 2.45) is 0 Å². The van der Waals surface area contributed by atoms with E-state index in [0.717, 1.165) is 16.9 Å². The van der Waals surface area contributed by atoms with Crippen LogP contribution in [0.5, 0.6) is 5.75 Å². The van der Waals surface area contributed by atoms with Gasteiger partial charge in [0.1, 0.15) is 18.0 Å². The predicted octanol–water partition coefficient (Wildman–Crippen LogP) is 4.92. The molecule has 2 rings (SSSR count). The number of rotatable bonds is 4. The number of carbonyl (C=O) groups excluding carboxylic acids is 1. The summed E-state index contributed by atoms with van der Waals surface area (Å²) >= 11 is 0. The fraction of sp³-hybridized carbons (Fsp3) is 0.316. The minimum absolute atomic E-state index is 0.460. The maximum Gasteiger partial charge on any atom is 0.412 e. The van der Waals surface area contributed by atoms with E-state index in [1.54, 1.807) is 0 Å². The average Bonchev–Trinajstić information content (AvgIpc) is 2.47. The van der Waals surface area contributed by atoms with Gasteiger partial charge in [-0.1, -0.05) is 30.3 Å². The van der Waals surface area contributed by atoms with Gasteiger partial charge in [-0.2, -0.15) is 0 Å². The maximum absolute atomic E-state index is 11.8. The molecule has 0 aliphatic carbocycles. The lowest BCUT2D eigenvalue weighted by atomic mass is 10.2. The molecule has 0 aliphatic heterocycles. The molecule has 0 atom stereocenters. The molecule has 122 valence electrons. The smallest absolute Gasteiger partial charge is 0.412 e. The summed E-state index contributed by atoms with van der Waals surface area (Å²) < 4.78 is 11.0. The maximum atomic E-state index is 11.8. The first-order valence-corrected chi connectivity index (χ1v) is 7.61. The summed E-state index contributed by atoms with van der Waals surface area (Å²) in [6.07, 6.45) is -0.460. The van der Waals surface area contributed by atoms with E-state index in [0.29, 0.717) is 12.3 Å². The number of benzene rings is 2. The van der Waals surface area contributed by atoms with E-state index in [1.165, 1.54) is 0 Å². The van der Waals surface area contributed by atoms with Gasteiger partial charge in [0.25, 0.3) is 0 Å². The number of anilines is 1. The quantitative estimate of drug-likeness (QED) is 0.871. The first-order valence-electron chi connectivity index (χ1n) is 7.61. The lowest BCUT2D eigenvalue weighted by Crippen LogP contribution is -2.27. The van der Waals surface area contributed by atoms with Crippen molar-refractivity contribution in [2.45, 2.75) is 39.9 Å². The Morgan fingerprint density at radius 2 is 1.78 bits per heavy atom. The molecular formula is C19H23NO3. The molecule has 0 radical (unpaired) electrons. The van der Waals surface area contributed by atoms with Crippen LogP contribution in [-0.2, 0) is 11.3 Å². The second-order valence-electron chi connectivity index (χ2n) is 6.38. The zero-order valence-corrected chi connectivity index (χ0v) is 14.1. The number of carbonyl (C=O) groups is 1. The van der Waals surface area contributed by atoms with Gasteiger partial charge in [0.15, 0.2) is 0 Å². The van der Waals surface area contributed by atoms with E-state index < -0.39 is 11.7 Å². The van der Waals surface area contributed by atoms with Gasteiger partial charge in [-0.3, -0.25) is 5.32 Å². The van der Waals surface area contributed by atoms with Gasteiger partial charge in [0.2, 0.25) is 0 Å². The van der Waals surface area contributed by atoms with Gasteiger partial charge in [-0.15, -0.1) is 0 Å². The predicted molar refractivity (Wildman–Crippen MR) is 91.8 cm³/mol. The lowest BCUT2D eigenvalue weighted by molar-refractivity contribution is 0.0636. The summed E-state index contributed by atoms with van der Waals surface area (Å²) in [5, 5.41) is 2.75. The van der Waals surface area contributed by atoms with Crippen molar-refractivity contribution in [1.82, 2.24) is 0 Å².